The van der Waals surface area contributed by atoms with Crippen molar-refractivity contribution in [1.29, 1.82) is 0 Å². The maximum atomic E-state index is 12.2. The van der Waals surface area contributed by atoms with Gasteiger partial charge in [0.25, 0.3) is 5.91 Å². The zero-order valence-electron chi connectivity index (χ0n) is 13.0. The Morgan fingerprint density at radius 3 is 2.81 bits per heavy atom. The Bertz CT molecular complexity index is 512. The van der Waals surface area contributed by atoms with Gasteiger partial charge in [-0.25, -0.2) is 0 Å². The Hall–Kier alpha value is -1.79. The lowest BCUT2D eigenvalue weighted by atomic mass is 10.0. The summed E-state index contributed by atoms with van der Waals surface area (Å²) in [6.07, 6.45) is 5.04. The smallest absolute Gasteiger partial charge is 0.251 e. The summed E-state index contributed by atoms with van der Waals surface area (Å²) in [6.45, 7) is 4.88. The molecular weight excluding hydrogens is 262 g/mol. The molecule has 21 heavy (non-hydrogen) atoms. The lowest BCUT2D eigenvalue weighted by Gasteiger charge is -2.08. The number of rotatable bonds is 7. The van der Waals surface area contributed by atoms with Gasteiger partial charge in [0.05, 0.1) is 6.61 Å². The van der Waals surface area contributed by atoms with Crippen LogP contribution in [0.15, 0.2) is 18.2 Å². The molecule has 1 amide bonds. The molecule has 114 valence electrons. The molecule has 0 heterocycles. The average molecular weight is 287 g/mol. The summed E-state index contributed by atoms with van der Waals surface area (Å²) in [5.41, 5.74) is 2.44. The molecule has 1 aromatic rings. The summed E-state index contributed by atoms with van der Waals surface area (Å²) in [5, 5.41) is 11.7. The van der Waals surface area contributed by atoms with E-state index in [9.17, 15) is 4.79 Å². The Morgan fingerprint density at radius 2 is 2.10 bits per heavy atom. The quantitative estimate of drug-likeness (QED) is 0.598. The monoisotopic (exact) mass is 287 g/mol. The van der Waals surface area contributed by atoms with Crippen LogP contribution in [0, 0.1) is 18.8 Å². The van der Waals surface area contributed by atoms with Gasteiger partial charge < -0.3 is 10.4 Å². The number of carbonyl (C=O) groups is 1. The summed E-state index contributed by atoms with van der Waals surface area (Å²) in [4.78, 5) is 12.2. The number of nitrogens with one attached hydrogen (secondary N) is 1. The van der Waals surface area contributed by atoms with Crippen molar-refractivity contribution in [2.45, 2.75) is 46.0 Å². The minimum absolute atomic E-state index is 0.0326. The van der Waals surface area contributed by atoms with E-state index in [1.54, 1.807) is 0 Å². The van der Waals surface area contributed by atoms with Crippen LogP contribution in [0.25, 0.3) is 0 Å². The van der Waals surface area contributed by atoms with Crippen molar-refractivity contribution >= 4 is 5.91 Å². The maximum Gasteiger partial charge on any atom is 0.251 e. The van der Waals surface area contributed by atoms with Gasteiger partial charge in [-0.05, 0) is 31.0 Å². The molecule has 0 unspecified atom stereocenters. The largest absolute Gasteiger partial charge is 0.395 e. The van der Waals surface area contributed by atoms with Crippen molar-refractivity contribution in [3.05, 3.63) is 34.9 Å². The van der Waals surface area contributed by atoms with Crippen LogP contribution in [-0.2, 0) is 0 Å². The summed E-state index contributed by atoms with van der Waals surface area (Å²) < 4.78 is 0. The molecule has 1 rings (SSSR count). The molecular formula is C18H25NO2. The molecule has 3 heteroatoms. The molecule has 0 spiro atoms. The van der Waals surface area contributed by atoms with Gasteiger partial charge in [-0.15, -0.1) is 0 Å². The molecule has 0 aliphatic heterocycles. The van der Waals surface area contributed by atoms with Crippen LogP contribution in [0.1, 0.15) is 60.5 Å². The van der Waals surface area contributed by atoms with Crippen molar-refractivity contribution in [3.8, 4) is 11.8 Å². The van der Waals surface area contributed by atoms with E-state index in [4.69, 9.17) is 5.11 Å². The minimum atomic E-state index is -0.0326. The van der Waals surface area contributed by atoms with Gasteiger partial charge in [-0.3, -0.25) is 4.79 Å². The molecule has 0 fully saturated rings. The zero-order valence-corrected chi connectivity index (χ0v) is 13.0. The molecule has 0 saturated heterocycles. The first-order valence-corrected chi connectivity index (χ1v) is 7.67. The Balaban J connectivity index is 2.62. The topological polar surface area (TPSA) is 49.3 Å². The molecule has 1 aromatic carbocycles. The average Bonchev–Trinajstić information content (AvgIpc) is 2.48. The van der Waals surface area contributed by atoms with Crippen molar-refractivity contribution in [3.63, 3.8) is 0 Å². The number of carbonyl (C=O) groups excluding carboxylic acids is 1. The third-order valence-electron chi connectivity index (χ3n) is 3.27. The second-order valence-electron chi connectivity index (χ2n) is 5.12. The van der Waals surface area contributed by atoms with Crippen molar-refractivity contribution < 1.29 is 9.90 Å². The number of aliphatic hydroxyl groups excluding tert-OH is 1. The summed E-state index contributed by atoms with van der Waals surface area (Å²) in [7, 11) is 0. The first-order valence-electron chi connectivity index (χ1n) is 7.67. The van der Waals surface area contributed by atoms with Gasteiger partial charge in [0, 0.05) is 24.1 Å². The molecule has 3 nitrogen and oxygen atoms in total. The number of hydrogen-bond acceptors (Lipinski definition) is 2. The molecule has 0 atom stereocenters. The van der Waals surface area contributed by atoms with E-state index in [-0.39, 0.29) is 12.5 Å². The van der Waals surface area contributed by atoms with Gasteiger partial charge >= 0.3 is 0 Å². The lowest BCUT2D eigenvalue weighted by molar-refractivity contribution is 0.0952. The van der Waals surface area contributed by atoms with Crippen LogP contribution >= 0.6 is 0 Å². The number of amides is 1. The SMILES string of the molecule is CCCCCCNC(=O)c1cc(C#CCCO)ccc1C. The van der Waals surface area contributed by atoms with Crippen molar-refractivity contribution in [1.82, 2.24) is 5.32 Å². The highest BCUT2D eigenvalue weighted by atomic mass is 16.2. The van der Waals surface area contributed by atoms with Gasteiger partial charge in [-0.2, -0.15) is 0 Å². The molecule has 0 aliphatic rings. The van der Waals surface area contributed by atoms with E-state index in [0.717, 1.165) is 30.5 Å². The fourth-order valence-electron chi connectivity index (χ4n) is 2.01. The van der Waals surface area contributed by atoms with Gasteiger partial charge in [0.1, 0.15) is 0 Å². The van der Waals surface area contributed by atoms with Crippen molar-refractivity contribution in [2.75, 3.05) is 13.2 Å². The standard InChI is InChI=1S/C18H25NO2/c1-3-4-5-7-12-19-18(21)17-14-16(9-6-8-13-20)11-10-15(17)2/h10-11,14,20H,3-5,7-8,12-13H2,1-2H3,(H,19,21). The second-order valence-corrected chi connectivity index (χ2v) is 5.12. The highest BCUT2D eigenvalue weighted by Gasteiger charge is 2.08. The van der Waals surface area contributed by atoms with Crippen LogP contribution in [0.2, 0.25) is 0 Å². The molecule has 0 bridgehead atoms. The van der Waals surface area contributed by atoms with E-state index in [2.05, 4.69) is 24.1 Å². The Morgan fingerprint density at radius 1 is 1.29 bits per heavy atom. The second kappa shape index (κ2) is 10.0. The van der Waals surface area contributed by atoms with E-state index < -0.39 is 0 Å². The summed E-state index contributed by atoms with van der Waals surface area (Å²) in [5.74, 6) is 5.80. The van der Waals surface area contributed by atoms with Gasteiger partial charge in [0.2, 0.25) is 0 Å². The van der Waals surface area contributed by atoms with Gasteiger partial charge in [0.15, 0.2) is 0 Å². The Kier molecular flexibility index (Phi) is 8.23. The molecule has 2 N–H and O–H groups in total. The van der Waals surface area contributed by atoms with Gasteiger partial charge in [-0.1, -0.05) is 44.1 Å². The van der Waals surface area contributed by atoms with E-state index in [0.29, 0.717) is 12.0 Å². The third kappa shape index (κ3) is 6.46. The summed E-state index contributed by atoms with van der Waals surface area (Å²) in [6, 6.07) is 5.63. The molecule has 0 aromatic heterocycles. The number of unbranched alkanes of at least 4 members (excludes halogenated alkanes) is 3. The van der Waals surface area contributed by atoms with Crippen molar-refractivity contribution in [2.24, 2.45) is 0 Å². The zero-order chi connectivity index (χ0) is 15.5. The van der Waals surface area contributed by atoms with Crippen LogP contribution in [-0.4, -0.2) is 24.2 Å². The minimum Gasteiger partial charge on any atom is -0.395 e. The number of benzene rings is 1. The summed E-state index contributed by atoms with van der Waals surface area (Å²) >= 11 is 0. The highest BCUT2D eigenvalue weighted by molar-refractivity contribution is 5.96. The Labute approximate surface area is 127 Å². The first-order chi connectivity index (χ1) is 10.2. The third-order valence-corrected chi connectivity index (χ3v) is 3.27. The fraction of sp³-hybridized carbons (Fsp3) is 0.500. The fourth-order valence-corrected chi connectivity index (χ4v) is 2.01. The van der Waals surface area contributed by atoms with Crippen LogP contribution in [0.4, 0.5) is 0 Å². The van der Waals surface area contributed by atoms with Crippen LogP contribution < -0.4 is 5.32 Å². The highest BCUT2D eigenvalue weighted by Crippen LogP contribution is 2.11. The predicted molar refractivity (Wildman–Crippen MR) is 86.2 cm³/mol. The van der Waals surface area contributed by atoms with E-state index in [1.165, 1.54) is 12.8 Å². The first kappa shape index (κ1) is 17.3. The number of aliphatic hydroxyl groups is 1. The normalized spacial score (nSPS) is 9.86. The molecule has 0 saturated carbocycles. The number of hydrogen-bond donors (Lipinski definition) is 2. The molecule has 0 aliphatic carbocycles. The predicted octanol–water partition coefficient (Wildman–Crippen LogP) is 3.04. The van der Waals surface area contributed by atoms with Crippen LogP contribution in [0.3, 0.4) is 0 Å². The number of aryl methyl sites for hydroxylation is 1. The van der Waals surface area contributed by atoms with Crippen LogP contribution in [0.5, 0.6) is 0 Å². The molecule has 0 radical (unpaired) electrons. The maximum absolute atomic E-state index is 12.2. The van der Waals surface area contributed by atoms with E-state index in [1.807, 2.05) is 25.1 Å². The lowest BCUT2D eigenvalue weighted by Crippen LogP contribution is -2.25. The van der Waals surface area contributed by atoms with E-state index >= 15 is 0 Å².